The minimum absolute atomic E-state index is 0. The molecular formula is C23H30ClFN2O2. The van der Waals surface area contributed by atoms with Crippen molar-refractivity contribution in [2.24, 2.45) is 0 Å². The number of carbonyl (C=O) groups is 1. The summed E-state index contributed by atoms with van der Waals surface area (Å²) in [5.41, 5.74) is 2.46. The molecule has 0 saturated carbocycles. The van der Waals surface area contributed by atoms with Gasteiger partial charge in [0, 0.05) is 6.54 Å². The Kier molecular flexibility index (Phi) is 9.42. The van der Waals surface area contributed by atoms with Gasteiger partial charge < -0.3 is 10.1 Å². The SMILES string of the molecule is Cc1ccc(C(CNC(=O)COc2ccc(F)cc2)N2CCCCCC2)cc1.Cl. The molecule has 0 bridgehead atoms. The quantitative estimate of drug-likeness (QED) is 0.707. The number of nitrogens with one attached hydrogen (secondary N) is 1. The second-order valence-electron chi connectivity index (χ2n) is 7.42. The highest BCUT2D eigenvalue weighted by molar-refractivity contribution is 5.85. The van der Waals surface area contributed by atoms with E-state index < -0.39 is 0 Å². The molecule has 1 heterocycles. The van der Waals surface area contributed by atoms with Crippen LogP contribution in [0.5, 0.6) is 5.75 Å². The molecule has 0 radical (unpaired) electrons. The predicted octanol–water partition coefficient (Wildman–Crippen LogP) is 4.67. The van der Waals surface area contributed by atoms with E-state index in [1.807, 2.05) is 0 Å². The minimum atomic E-state index is -0.324. The van der Waals surface area contributed by atoms with E-state index in [-0.39, 0.29) is 36.8 Å². The summed E-state index contributed by atoms with van der Waals surface area (Å²) in [6.07, 6.45) is 4.94. The van der Waals surface area contributed by atoms with Gasteiger partial charge in [-0.1, -0.05) is 42.7 Å². The average molecular weight is 421 g/mol. The molecule has 1 saturated heterocycles. The van der Waals surface area contributed by atoms with E-state index in [0.29, 0.717) is 12.3 Å². The van der Waals surface area contributed by atoms with E-state index in [2.05, 4.69) is 41.4 Å². The molecule has 29 heavy (non-hydrogen) atoms. The van der Waals surface area contributed by atoms with Crippen molar-refractivity contribution in [3.63, 3.8) is 0 Å². The third-order valence-corrected chi connectivity index (χ3v) is 5.22. The van der Waals surface area contributed by atoms with Gasteiger partial charge in [0.05, 0.1) is 6.04 Å². The Morgan fingerprint density at radius 2 is 1.66 bits per heavy atom. The lowest BCUT2D eigenvalue weighted by Crippen LogP contribution is -2.40. The lowest BCUT2D eigenvalue weighted by atomic mass is 10.0. The number of rotatable bonds is 7. The molecule has 2 aromatic rings. The largest absolute Gasteiger partial charge is 0.484 e. The van der Waals surface area contributed by atoms with E-state index in [0.717, 1.165) is 13.1 Å². The monoisotopic (exact) mass is 420 g/mol. The smallest absolute Gasteiger partial charge is 0.258 e. The maximum Gasteiger partial charge on any atom is 0.258 e. The highest BCUT2D eigenvalue weighted by Gasteiger charge is 2.22. The Bertz CT molecular complexity index is 744. The summed E-state index contributed by atoms with van der Waals surface area (Å²) in [6.45, 7) is 4.67. The molecule has 2 aromatic carbocycles. The molecule has 1 amide bonds. The number of hydrogen-bond acceptors (Lipinski definition) is 3. The Morgan fingerprint density at radius 3 is 2.28 bits per heavy atom. The lowest BCUT2D eigenvalue weighted by Gasteiger charge is -2.31. The van der Waals surface area contributed by atoms with Crippen LogP contribution in [-0.4, -0.2) is 37.0 Å². The van der Waals surface area contributed by atoms with Crippen molar-refractivity contribution in [2.75, 3.05) is 26.2 Å². The predicted molar refractivity (Wildman–Crippen MR) is 116 cm³/mol. The first-order chi connectivity index (χ1) is 13.6. The summed E-state index contributed by atoms with van der Waals surface area (Å²) in [7, 11) is 0. The molecule has 1 aliphatic heterocycles. The van der Waals surface area contributed by atoms with Gasteiger partial charge in [-0.2, -0.15) is 0 Å². The van der Waals surface area contributed by atoms with Crippen molar-refractivity contribution in [3.05, 3.63) is 65.5 Å². The number of amides is 1. The standard InChI is InChI=1S/C23H29FN2O2.ClH/c1-18-6-8-19(9-7-18)22(26-14-4-2-3-5-15-26)16-25-23(27)17-28-21-12-10-20(24)11-13-21;/h6-13,22H,2-5,14-17H2,1H3,(H,25,27);1H. The fraction of sp³-hybridized carbons (Fsp3) is 0.435. The first kappa shape index (κ1) is 23.2. The Balaban J connectivity index is 0.00000300. The first-order valence-electron chi connectivity index (χ1n) is 10.1. The molecule has 4 nitrogen and oxygen atoms in total. The molecule has 3 rings (SSSR count). The number of ether oxygens (including phenoxy) is 1. The Hall–Kier alpha value is -2.11. The van der Waals surface area contributed by atoms with Crippen LogP contribution in [0.2, 0.25) is 0 Å². The van der Waals surface area contributed by atoms with Crippen LogP contribution in [-0.2, 0) is 4.79 Å². The minimum Gasteiger partial charge on any atom is -0.484 e. The topological polar surface area (TPSA) is 41.6 Å². The van der Waals surface area contributed by atoms with Crippen LogP contribution in [0.25, 0.3) is 0 Å². The van der Waals surface area contributed by atoms with Gasteiger partial charge in [-0.3, -0.25) is 9.69 Å². The number of carbonyl (C=O) groups excluding carboxylic acids is 1. The van der Waals surface area contributed by atoms with Crippen LogP contribution in [0.15, 0.2) is 48.5 Å². The van der Waals surface area contributed by atoms with Gasteiger partial charge in [-0.15, -0.1) is 12.4 Å². The van der Waals surface area contributed by atoms with Crippen LogP contribution in [0.1, 0.15) is 42.9 Å². The van der Waals surface area contributed by atoms with Crippen LogP contribution in [0.3, 0.4) is 0 Å². The number of nitrogens with zero attached hydrogens (tertiary/aromatic N) is 1. The fourth-order valence-electron chi connectivity index (χ4n) is 3.59. The van der Waals surface area contributed by atoms with E-state index in [9.17, 15) is 9.18 Å². The van der Waals surface area contributed by atoms with Crippen molar-refractivity contribution >= 4 is 18.3 Å². The summed E-state index contributed by atoms with van der Waals surface area (Å²) in [5, 5.41) is 3.02. The lowest BCUT2D eigenvalue weighted by molar-refractivity contribution is -0.123. The third kappa shape index (κ3) is 7.33. The first-order valence-corrected chi connectivity index (χ1v) is 10.1. The highest BCUT2D eigenvalue weighted by atomic mass is 35.5. The van der Waals surface area contributed by atoms with Crippen molar-refractivity contribution in [2.45, 2.75) is 38.6 Å². The zero-order valence-corrected chi connectivity index (χ0v) is 17.7. The van der Waals surface area contributed by atoms with Crippen molar-refractivity contribution in [1.29, 1.82) is 0 Å². The van der Waals surface area contributed by atoms with Gasteiger partial charge in [-0.05, 0) is 62.7 Å². The molecule has 1 fully saturated rings. The zero-order chi connectivity index (χ0) is 19.8. The molecule has 1 unspecified atom stereocenters. The summed E-state index contributed by atoms with van der Waals surface area (Å²) >= 11 is 0. The van der Waals surface area contributed by atoms with Gasteiger partial charge in [0.15, 0.2) is 6.61 Å². The number of aryl methyl sites for hydroxylation is 1. The molecular weight excluding hydrogens is 391 g/mol. The van der Waals surface area contributed by atoms with E-state index in [1.165, 1.54) is 61.1 Å². The molecule has 0 aromatic heterocycles. The molecule has 0 aliphatic carbocycles. The van der Waals surface area contributed by atoms with Crippen molar-refractivity contribution < 1.29 is 13.9 Å². The number of halogens is 2. The van der Waals surface area contributed by atoms with Gasteiger partial charge in [-0.25, -0.2) is 4.39 Å². The molecule has 6 heteroatoms. The van der Waals surface area contributed by atoms with Gasteiger partial charge >= 0.3 is 0 Å². The zero-order valence-electron chi connectivity index (χ0n) is 16.9. The maximum atomic E-state index is 12.9. The summed E-state index contributed by atoms with van der Waals surface area (Å²) in [6, 6.07) is 14.4. The van der Waals surface area contributed by atoms with Crippen LogP contribution in [0.4, 0.5) is 4.39 Å². The van der Waals surface area contributed by atoms with Gasteiger partial charge in [0.1, 0.15) is 11.6 Å². The summed E-state index contributed by atoms with van der Waals surface area (Å²) < 4.78 is 18.4. The third-order valence-electron chi connectivity index (χ3n) is 5.22. The Morgan fingerprint density at radius 1 is 1.03 bits per heavy atom. The normalized spacial score (nSPS) is 15.7. The second kappa shape index (κ2) is 11.8. The molecule has 158 valence electrons. The van der Waals surface area contributed by atoms with Crippen LogP contribution in [0, 0.1) is 12.7 Å². The number of likely N-dealkylation sites (tertiary alicyclic amines) is 1. The second-order valence-corrected chi connectivity index (χ2v) is 7.42. The molecule has 1 N–H and O–H groups in total. The number of benzene rings is 2. The summed E-state index contributed by atoms with van der Waals surface area (Å²) in [4.78, 5) is 14.8. The maximum absolute atomic E-state index is 12.9. The van der Waals surface area contributed by atoms with Crippen molar-refractivity contribution in [1.82, 2.24) is 10.2 Å². The number of hydrogen-bond donors (Lipinski definition) is 1. The van der Waals surface area contributed by atoms with Gasteiger partial charge in [0.25, 0.3) is 5.91 Å². The highest BCUT2D eigenvalue weighted by Crippen LogP contribution is 2.24. The average Bonchev–Trinajstić information content (AvgIpc) is 2.98. The molecule has 1 atom stereocenters. The summed E-state index contributed by atoms with van der Waals surface area (Å²) in [5.74, 6) is -0.00870. The van der Waals surface area contributed by atoms with E-state index in [1.54, 1.807) is 0 Å². The van der Waals surface area contributed by atoms with E-state index >= 15 is 0 Å². The van der Waals surface area contributed by atoms with Crippen LogP contribution >= 0.6 is 12.4 Å². The van der Waals surface area contributed by atoms with Crippen molar-refractivity contribution in [3.8, 4) is 5.75 Å². The fourth-order valence-corrected chi connectivity index (χ4v) is 3.59. The van der Waals surface area contributed by atoms with Crippen LogP contribution < -0.4 is 10.1 Å². The molecule has 0 spiro atoms. The van der Waals surface area contributed by atoms with E-state index in [4.69, 9.17) is 4.74 Å². The van der Waals surface area contributed by atoms with Gasteiger partial charge in [0.2, 0.25) is 0 Å². The Labute approximate surface area is 178 Å². The molecule has 1 aliphatic rings.